The van der Waals surface area contributed by atoms with Crippen molar-refractivity contribution in [1.29, 1.82) is 5.26 Å². The van der Waals surface area contributed by atoms with Crippen LogP contribution in [0.2, 0.25) is 0 Å². The number of benzene rings is 1. The lowest BCUT2D eigenvalue weighted by molar-refractivity contribution is -0.112. The second-order valence-electron chi connectivity index (χ2n) is 4.90. The molecule has 0 spiro atoms. The van der Waals surface area contributed by atoms with E-state index in [0.29, 0.717) is 18.8 Å². The predicted molar refractivity (Wildman–Crippen MR) is 94.8 cm³/mol. The van der Waals surface area contributed by atoms with Crippen LogP contribution in [0.1, 0.15) is 26.2 Å². The Hall–Kier alpha value is -1.84. The van der Waals surface area contributed by atoms with Gasteiger partial charge in [0, 0.05) is 36.1 Å². The SMILES string of the molecule is CCCCOCCCN/C=C(/C#N)C(=O)Nc1ccc(Br)cc1. The number of nitrogens with zero attached hydrogens (tertiary/aromatic N) is 1. The fourth-order valence-corrected chi connectivity index (χ4v) is 1.94. The number of halogens is 1. The van der Waals surface area contributed by atoms with Gasteiger partial charge in [0.1, 0.15) is 11.6 Å². The largest absolute Gasteiger partial charge is 0.390 e. The maximum absolute atomic E-state index is 12.0. The summed E-state index contributed by atoms with van der Waals surface area (Å²) < 4.78 is 6.36. The van der Waals surface area contributed by atoms with E-state index in [-0.39, 0.29) is 5.57 Å². The van der Waals surface area contributed by atoms with Crippen LogP contribution in [-0.2, 0) is 9.53 Å². The molecule has 0 unspecified atom stereocenters. The summed E-state index contributed by atoms with van der Waals surface area (Å²) in [6.07, 6.45) is 4.47. The van der Waals surface area contributed by atoms with Gasteiger partial charge in [-0.15, -0.1) is 0 Å². The molecule has 0 aliphatic carbocycles. The van der Waals surface area contributed by atoms with Crippen molar-refractivity contribution in [3.05, 3.63) is 40.5 Å². The van der Waals surface area contributed by atoms with Gasteiger partial charge in [-0.05, 0) is 37.1 Å². The third kappa shape index (κ3) is 8.38. The zero-order chi connectivity index (χ0) is 16.9. The zero-order valence-corrected chi connectivity index (χ0v) is 14.9. The highest BCUT2D eigenvalue weighted by molar-refractivity contribution is 9.10. The second-order valence-corrected chi connectivity index (χ2v) is 5.82. The minimum atomic E-state index is -0.429. The lowest BCUT2D eigenvalue weighted by Crippen LogP contribution is -2.17. The number of rotatable bonds is 10. The first kappa shape index (κ1) is 19.2. The molecule has 124 valence electrons. The third-order valence-corrected chi connectivity index (χ3v) is 3.49. The molecule has 1 aromatic carbocycles. The number of nitriles is 1. The van der Waals surface area contributed by atoms with Gasteiger partial charge in [-0.3, -0.25) is 4.79 Å². The van der Waals surface area contributed by atoms with E-state index in [0.717, 1.165) is 30.3 Å². The van der Waals surface area contributed by atoms with E-state index in [1.165, 1.54) is 6.20 Å². The van der Waals surface area contributed by atoms with Crippen LogP contribution in [0, 0.1) is 11.3 Å². The van der Waals surface area contributed by atoms with Crippen LogP contribution in [-0.4, -0.2) is 25.7 Å². The first-order valence-electron chi connectivity index (χ1n) is 7.65. The molecule has 0 saturated heterocycles. The first-order valence-corrected chi connectivity index (χ1v) is 8.45. The number of carbonyl (C=O) groups excluding carboxylic acids is 1. The summed E-state index contributed by atoms with van der Waals surface area (Å²) in [6.45, 7) is 4.24. The van der Waals surface area contributed by atoms with Gasteiger partial charge in [0.15, 0.2) is 0 Å². The lowest BCUT2D eigenvalue weighted by Gasteiger charge is -2.06. The highest BCUT2D eigenvalue weighted by atomic mass is 79.9. The van der Waals surface area contributed by atoms with Crippen LogP contribution in [0.5, 0.6) is 0 Å². The van der Waals surface area contributed by atoms with Gasteiger partial charge in [0.25, 0.3) is 5.91 Å². The van der Waals surface area contributed by atoms with Crippen molar-refractivity contribution in [1.82, 2.24) is 5.32 Å². The highest BCUT2D eigenvalue weighted by Gasteiger charge is 2.08. The summed E-state index contributed by atoms with van der Waals surface area (Å²) >= 11 is 3.33. The molecule has 0 heterocycles. The van der Waals surface area contributed by atoms with Gasteiger partial charge in [-0.25, -0.2) is 0 Å². The Morgan fingerprint density at radius 3 is 2.65 bits per heavy atom. The van der Waals surface area contributed by atoms with Crippen molar-refractivity contribution in [2.75, 3.05) is 25.1 Å². The minimum Gasteiger partial charge on any atom is -0.390 e. The van der Waals surface area contributed by atoms with Crippen molar-refractivity contribution in [3.63, 3.8) is 0 Å². The van der Waals surface area contributed by atoms with Crippen LogP contribution in [0.15, 0.2) is 40.5 Å². The number of hydrogen-bond acceptors (Lipinski definition) is 4. The maximum atomic E-state index is 12.0. The van der Waals surface area contributed by atoms with Crippen molar-refractivity contribution >= 4 is 27.5 Å². The Labute approximate surface area is 145 Å². The van der Waals surface area contributed by atoms with E-state index in [1.807, 2.05) is 18.2 Å². The number of unbranched alkanes of at least 4 members (excludes halogenated alkanes) is 1. The van der Waals surface area contributed by atoms with Crippen LogP contribution in [0.3, 0.4) is 0 Å². The minimum absolute atomic E-state index is 0.0415. The molecule has 0 aromatic heterocycles. The smallest absolute Gasteiger partial charge is 0.267 e. The first-order chi connectivity index (χ1) is 11.2. The van der Waals surface area contributed by atoms with Crippen molar-refractivity contribution < 1.29 is 9.53 Å². The van der Waals surface area contributed by atoms with Gasteiger partial charge < -0.3 is 15.4 Å². The third-order valence-electron chi connectivity index (χ3n) is 2.97. The molecule has 1 aromatic rings. The molecule has 2 N–H and O–H groups in total. The topological polar surface area (TPSA) is 74.1 Å². The van der Waals surface area contributed by atoms with Gasteiger partial charge in [-0.2, -0.15) is 5.26 Å². The Kier molecular flexibility index (Phi) is 9.76. The number of hydrogen-bond donors (Lipinski definition) is 2. The molecular weight excluding hydrogens is 358 g/mol. The molecule has 6 heteroatoms. The highest BCUT2D eigenvalue weighted by Crippen LogP contribution is 2.14. The monoisotopic (exact) mass is 379 g/mol. The molecule has 1 rings (SSSR count). The van der Waals surface area contributed by atoms with Crippen molar-refractivity contribution in [3.8, 4) is 6.07 Å². The fourth-order valence-electron chi connectivity index (χ4n) is 1.68. The zero-order valence-electron chi connectivity index (χ0n) is 13.3. The van der Waals surface area contributed by atoms with Gasteiger partial charge >= 0.3 is 0 Å². The maximum Gasteiger partial charge on any atom is 0.267 e. The summed E-state index contributed by atoms with van der Waals surface area (Å²) in [5, 5.41) is 14.7. The molecule has 0 bridgehead atoms. The predicted octanol–water partition coefficient (Wildman–Crippen LogP) is 3.59. The van der Waals surface area contributed by atoms with Crippen LogP contribution in [0.4, 0.5) is 5.69 Å². The molecule has 0 radical (unpaired) electrons. The van der Waals surface area contributed by atoms with Gasteiger partial charge in [0.2, 0.25) is 0 Å². The van der Waals surface area contributed by atoms with Gasteiger partial charge in [-0.1, -0.05) is 29.3 Å². The molecule has 0 saturated carbocycles. The summed E-state index contributed by atoms with van der Waals surface area (Å²) in [6, 6.07) is 9.07. The molecule has 0 atom stereocenters. The average Bonchev–Trinajstić information content (AvgIpc) is 2.55. The number of anilines is 1. The molecule has 23 heavy (non-hydrogen) atoms. The molecule has 0 fully saturated rings. The fraction of sp³-hybridized carbons (Fsp3) is 0.412. The van der Waals surface area contributed by atoms with E-state index in [2.05, 4.69) is 33.5 Å². The summed E-state index contributed by atoms with van der Waals surface area (Å²) in [4.78, 5) is 12.0. The summed E-state index contributed by atoms with van der Waals surface area (Å²) in [5.74, 6) is -0.429. The molecule has 5 nitrogen and oxygen atoms in total. The van der Waals surface area contributed by atoms with Crippen molar-refractivity contribution in [2.24, 2.45) is 0 Å². The van der Waals surface area contributed by atoms with Crippen LogP contribution >= 0.6 is 15.9 Å². The van der Waals surface area contributed by atoms with Crippen LogP contribution in [0.25, 0.3) is 0 Å². The van der Waals surface area contributed by atoms with E-state index in [1.54, 1.807) is 12.1 Å². The number of ether oxygens (including phenoxy) is 1. The van der Waals surface area contributed by atoms with E-state index in [9.17, 15) is 4.79 Å². The summed E-state index contributed by atoms with van der Waals surface area (Å²) in [5.41, 5.74) is 0.684. The quantitative estimate of drug-likeness (QED) is 0.370. The molecule has 1 amide bonds. The Morgan fingerprint density at radius 1 is 1.30 bits per heavy atom. The van der Waals surface area contributed by atoms with E-state index >= 15 is 0 Å². The average molecular weight is 380 g/mol. The lowest BCUT2D eigenvalue weighted by atomic mass is 10.2. The second kappa shape index (κ2) is 11.7. The standard InChI is InChI=1S/C17H22BrN3O2/c1-2-3-10-23-11-4-9-20-13-14(12-19)17(22)21-16-7-5-15(18)6-8-16/h5-8,13,20H,2-4,9-11H2,1H3,(H,21,22)/b14-13-. The number of nitrogens with one attached hydrogen (secondary N) is 2. The van der Waals surface area contributed by atoms with E-state index in [4.69, 9.17) is 10.00 Å². The van der Waals surface area contributed by atoms with Crippen LogP contribution < -0.4 is 10.6 Å². The summed E-state index contributed by atoms with van der Waals surface area (Å²) in [7, 11) is 0. The van der Waals surface area contributed by atoms with Crippen molar-refractivity contribution in [2.45, 2.75) is 26.2 Å². The molecule has 0 aliphatic heterocycles. The normalized spacial score (nSPS) is 10.9. The molecule has 0 aliphatic rings. The Balaban J connectivity index is 2.32. The van der Waals surface area contributed by atoms with E-state index < -0.39 is 5.91 Å². The Bertz CT molecular complexity index is 550. The Morgan fingerprint density at radius 2 is 2.00 bits per heavy atom. The number of carbonyl (C=O) groups is 1. The molecular formula is C17H22BrN3O2. The number of amides is 1. The van der Waals surface area contributed by atoms with Gasteiger partial charge in [0.05, 0.1) is 0 Å².